The maximum absolute atomic E-state index is 13.1. The largest absolute Gasteiger partial charge is 0.493 e. The number of hydrogen-bond donors (Lipinski definition) is 1. The third-order valence-electron chi connectivity index (χ3n) is 4.61. The standard InChI is InChI=1S/C23H23BrN2O5/c1-12(2)31-20-17(24)10-15(11-19(20)30-5)9-16-21(27)25-23(29)26(22(16)28)18-7-6-13(3)8-14(18)4/h6-12H,1-5H3,(H,25,27,29)/b16-9+. The zero-order valence-corrected chi connectivity index (χ0v) is 19.5. The summed E-state index contributed by atoms with van der Waals surface area (Å²) in [6, 6.07) is 7.95. The van der Waals surface area contributed by atoms with Crippen molar-refractivity contribution < 1.29 is 23.9 Å². The van der Waals surface area contributed by atoms with Gasteiger partial charge < -0.3 is 9.47 Å². The lowest BCUT2D eigenvalue weighted by Gasteiger charge is -2.27. The summed E-state index contributed by atoms with van der Waals surface area (Å²) in [6.07, 6.45) is 1.35. The molecule has 8 heteroatoms. The van der Waals surface area contributed by atoms with Gasteiger partial charge in [-0.2, -0.15) is 0 Å². The van der Waals surface area contributed by atoms with Gasteiger partial charge in [0.25, 0.3) is 11.8 Å². The summed E-state index contributed by atoms with van der Waals surface area (Å²) >= 11 is 3.45. The van der Waals surface area contributed by atoms with Gasteiger partial charge in [-0.05, 0) is 79.0 Å². The Kier molecular flexibility index (Phi) is 6.50. The number of nitrogens with zero attached hydrogens (tertiary/aromatic N) is 1. The van der Waals surface area contributed by atoms with Crippen LogP contribution in [0, 0.1) is 13.8 Å². The number of carbonyl (C=O) groups is 3. The number of carbonyl (C=O) groups excluding carboxylic acids is 3. The highest BCUT2D eigenvalue weighted by Crippen LogP contribution is 2.38. The van der Waals surface area contributed by atoms with Crippen LogP contribution in [0.1, 0.15) is 30.5 Å². The molecule has 1 heterocycles. The molecule has 0 aliphatic carbocycles. The summed E-state index contributed by atoms with van der Waals surface area (Å²) < 4.78 is 11.8. The van der Waals surface area contributed by atoms with E-state index in [-0.39, 0.29) is 11.7 Å². The molecule has 0 unspecified atom stereocenters. The second kappa shape index (κ2) is 8.93. The Morgan fingerprint density at radius 3 is 2.42 bits per heavy atom. The number of methoxy groups -OCH3 is 1. The summed E-state index contributed by atoms with van der Waals surface area (Å²) in [5.41, 5.74) is 2.54. The van der Waals surface area contributed by atoms with Crippen LogP contribution < -0.4 is 19.7 Å². The number of hydrogen-bond acceptors (Lipinski definition) is 5. The molecular formula is C23H23BrN2O5. The Morgan fingerprint density at radius 1 is 1.10 bits per heavy atom. The fourth-order valence-electron chi connectivity index (χ4n) is 3.27. The van der Waals surface area contributed by atoms with Gasteiger partial charge in [0.15, 0.2) is 11.5 Å². The highest BCUT2D eigenvalue weighted by molar-refractivity contribution is 9.10. The van der Waals surface area contributed by atoms with Crippen LogP contribution in [0.15, 0.2) is 40.4 Å². The highest BCUT2D eigenvalue weighted by Gasteiger charge is 2.37. The molecule has 0 aromatic heterocycles. The quantitative estimate of drug-likeness (QED) is 0.495. The molecular weight excluding hydrogens is 464 g/mol. The van der Waals surface area contributed by atoms with Crippen molar-refractivity contribution in [1.82, 2.24) is 5.32 Å². The SMILES string of the molecule is COc1cc(/C=C2\C(=O)NC(=O)N(c3ccc(C)cc3C)C2=O)cc(Br)c1OC(C)C. The van der Waals surface area contributed by atoms with Gasteiger partial charge in [0.05, 0.1) is 23.4 Å². The number of urea groups is 1. The van der Waals surface area contributed by atoms with Crippen molar-refractivity contribution >= 4 is 45.5 Å². The average Bonchev–Trinajstić information content (AvgIpc) is 2.68. The molecule has 1 aliphatic heterocycles. The molecule has 2 aromatic carbocycles. The Hall–Kier alpha value is -3.13. The molecule has 0 saturated carbocycles. The first-order chi connectivity index (χ1) is 14.6. The fraction of sp³-hybridized carbons (Fsp3) is 0.261. The smallest absolute Gasteiger partial charge is 0.335 e. The van der Waals surface area contributed by atoms with Crippen molar-refractivity contribution in [3.8, 4) is 11.5 Å². The lowest BCUT2D eigenvalue weighted by Crippen LogP contribution is -2.54. The zero-order valence-electron chi connectivity index (χ0n) is 17.9. The van der Waals surface area contributed by atoms with E-state index in [4.69, 9.17) is 9.47 Å². The molecule has 2 aromatic rings. The summed E-state index contributed by atoms with van der Waals surface area (Å²) in [5.74, 6) is -0.487. The Balaban J connectivity index is 2.05. The number of barbiturate groups is 1. The molecule has 0 atom stereocenters. The molecule has 162 valence electrons. The second-order valence-corrected chi connectivity index (χ2v) is 8.30. The molecule has 0 spiro atoms. The number of ether oxygens (including phenoxy) is 2. The molecule has 7 nitrogen and oxygen atoms in total. The van der Waals surface area contributed by atoms with Gasteiger partial charge >= 0.3 is 6.03 Å². The third kappa shape index (κ3) is 4.64. The lowest BCUT2D eigenvalue weighted by molar-refractivity contribution is -0.122. The van der Waals surface area contributed by atoms with Crippen LogP contribution in [0.5, 0.6) is 11.5 Å². The predicted octanol–water partition coefficient (Wildman–Crippen LogP) is 4.53. The van der Waals surface area contributed by atoms with Crippen LogP contribution in [-0.4, -0.2) is 31.1 Å². The van der Waals surface area contributed by atoms with Gasteiger partial charge in [0.1, 0.15) is 5.57 Å². The van der Waals surface area contributed by atoms with Gasteiger partial charge in [-0.15, -0.1) is 0 Å². The minimum Gasteiger partial charge on any atom is -0.493 e. The summed E-state index contributed by atoms with van der Waals surface area (Å²) in [7, 11) is 1.50. The van der Waals surface area contributed by atoms with Crippen LogP contribution in [-0.2, 0) is 9.59 Å². The molecule has 0 radical (unpaired) electrons. The lowest BCUT2D eigenvalue weighted by atomic mass is 10.0. The van der Waals surface area contributed by atoms with E-state index in [1.54, 1.807) is 31.2 Å². The van der Waals surface area contributed by atoms with Gasteiger partial charge in [-0.25, -0.2) is 9.69 Å². The van der Waals surface area contributed by atoms with Gasteiger partial charge in [0.2, 0.25) is 0 Å². The van der Waals surface area contributed by atoms with Crippen LogP contribution in [0.2, 0.25) is 0 Å². The van der Waals surface area contributed by atoms with Crippen molar-refractivity contribution in [2.45, 2.75) is 33.8 Å². The van der Waals surface area contributed by atoms with E-state index in [1.807, 2.05) is 26.8 Å². The molecule has 31 heavy (non-hydrogen) atoms. The Labute approximate surface area is 189 Å². The number of rotatable bonds is 5. The van der Waals surface area contributed by atoms with Gasteiger partial charge in [0, 0.05) is 0 Å². The number of benzene rings is 2. The maximum atomic E-state index is 13.1. The number of aryl methyl sites for hydroxylation is 2. The molecule has 3 rings (SSSR count). The average molecular weight is 487 g/mol. The number of halogens is 1. The van der Waals surface area contributed by atoms with E-state index in [1.165, 1.54) is 13.2 Å². The Bertz CT molecular complexity index is 1110. The topological polar surface area (TPSA) is 84.9 Å². The van der Waals surface area contributed by atoms with E-state index in [2.05, 4.69) is 21.2 Å². The third-order valence-corrected chi connectivity index (χ3v) is 5.20. The molecule has 1 fully saturated rings. The summed E-state index contributed by atoms with van der Waals surface area (Å²) in [4.78, 5) is 39.1. The molecule has 4 amide bonds. The van der Waals surface area contributed by atoms with Crippen LogP contribution in [0.3, 0.4) is 0 Å². The zero-order chi connectivity index (χ0) is 22.9. The first-order valence-electron chi connectivity index (χ1n) is 9.65. The molecule has 1 saturated heterocycles. The molecule has 1 N–H and O–H groups in total. The molecule has 0 bridgehead atoms. The van der Waals surface area contributed by atoms with Crippen molar-refractivity contribution in [2.75, 3.05) is 12.0 Å². The van der Waals surface area contributed by atoms with E-state index in [9.17, 15) is 14.4 Å². The van der Waals surface area contributed by atoms with Crippen molar-refractivity contribution in [1.29, 1.82) is 0 Å². The van der Waals surface area contributed by atoms with Crippen molar-refractivity contribution in [3.05, 3.63) is 57.1 Å². The fourth-order valence-corrected chi connectivity index (χ4v) is 3.83. The number of imide groups is 2. The number of amides is 4. The van der Waals surface area contributed by atoms with Crippen LogP contribution >= 0.6 is 15.9 Å². The van der Waals surface area contributed by atoms with E-state index >= 15 is 0 Å². The van der Waals surface area contributed by atoms with Crippen molar-refractivity contribution in [2.24, 2.45) is 0 Å². The van der Waals surface area contributed by atoms with E-state index in [0.717, 1.165) is 16.0 Å². The monoisotopic (exact) mass is 486 g/mol. The minimum absolute atomic E-state index is 0.0718. The first kappa shape index (κ1) is 22.6. The van der Waals surface area contributed by atoms with Crippen molar-refractivity contribution in [3.63, 3.8) is 0 Å². The highest BCUT2D eigenvalue weighted by atomic mass is 79.9. The minimum atomic E-state index is -0.779. The van der Waals surface area contributed by atoms with Crippen LogP contribution in [0.4, 0.5) is 10.5 Å². The normalized spacial score (nSPS) is 15.5. The van der Waals surface area contributed by atoms with E-state index in [0.29, 0.717) is 27.2 Å². The maximum Gasteiger partial charge on any atom is 0.335 e. The van der Waals surface area contributed by atoms with Gasteiger partial charge in [-0.3, -0.25) is 14.9 Å². The van der Waals surface area contributed by atoms with Gasteiger partial charge in [-0.1, -0.05) is 17.7 Å². The summed E-state index contributed by atoms with van der Waals surface area (Å²) in [6.45, 7) is 7.51. The Morgan fingerprint density at radius 2 is 1.81 bits per heavy atom. The molecule has 1 aliphatic rings. The second-order valence-electron chi connectivity index (χ2n) is 7.45. The summed E-state index contributed by atoms with van der Waals surface area (Å²) in [5, 5.41) is 2.24. The number of nitrogens with one attached hydrogen (secondary N) is 1. The first-order valence-corrected chi connectivity index (χ1v) is 10.4. The predicted molar refractivity (Wildman–Crippen MR) is 121 cm³/mol. The number of anilines is 1. The van der Waals surface area contributed by atoms with Crippen LogP contribution in [0.25, 0.3) is 6.08 Å². The van der Waals surface area contributed by atoms with E-state index < -0.39 is 17.8 Å².